The van der Waals surface area contributed by atoms with Crippen molar-refractivity contribution in [1.29, 1.82) is 5.26 Å². The number of hydrogen-bond acceptors (Lipinski definition) is 7. The van der Waals surface area contributed by atoms with Gasteiger partial charge in [-0.3, -0.25) is 14.6 Å². The molecular formula is C17H20N6O2S. The molecule has 0 fully saturated rings. The van der Waals surface area contributed by atoms with Crippen LogP contribution >= 0.6 is 11.3 Å². The molecule has 0 aliphatic heterocycles. The average Bonchev–Trinajstić information content (AvgIpc) is 3.08. The number of nitrogens with one attached hydrogen (secondary N) is 3. The van der Waals surface area contributed by atoms with E-state index in [2.05, 4.69) is 25.9 Å². The first-order valence-corrected chi connectivity index (χ1v) is 8.95. The Morgan fingerprint density at radius 1 is 1.31 bits per heavy atom. The smallest absolute Gasteiger partial charge is 0.271 e. The molecule has 2 amide bonds. The summed E-state index contributed by atoms with van der Waals surface area (Å²) in [7, 11) is 0. The predicted octanol–water partition coefficient (Wildman–Crippen LogP) is 2.07. The highest BCUT2D eigenvalue weighted by atomic mass is 32.1. The van der Waals surface area contributed by atoms with Crippen molar-refractivity contribution in [2.45, 2.75) is 26.3 Å². The summed E-state index contributed by atoms with van der Waals surface area (Å²) in [5, 5.41) is 19.0. The SMILES string of the molecule is CC(C)C[C@H](NC(=O)c1csc(Nc2ccncc2)n1)C(=O)NCC#N. The van der Waals surface area contributed by atoms with E-state index in [0.717, 1.165) is 5.69 Å². The van der Waals surface area contributed by atoms with Gasteiger partial charge in [0.2, 0.25) is 5.91 Å². The largest absolute Gasteiger partial charge is 0.341 e. The van der Waals surface area contributed by atoms with E-state index in [-0.39, 0.29) is 24.1 Å². The normalized spacial score (nSPS) is 11.5. The first-order valence-electron chi connectivity index (χ1n) is 8.07. The predicted molar refractivity (Wildman–Crippen MR) is 99.0 cm³/mol. The van der Waals surface area contributed by atoms with E-state index in [4.69, 9.17) is 5.26 Å². The van der Waals surface area contributed by atoms with E-state index in [9.17, 15) is 9.59 Å². The van der Waals surface area contributed by atoms with Gasteiger partial charge in [0.1, 0.15) is 18.3 Å². The van der Waals surface area contributed by atoms with Crippen LogP contribution in [0.5, 0.6) is 0 Å². The molecule has 0 aliphatic rings. The summed E-state index contributed by atoms with van der Waals surface area (Å²) in [5.41, 5.74) is 1.04. The highest BCUT2D eigenvalue weighted by molar-refractivity contribution is 7.14. The second-order valence-corrected chi connectivity index (χ2v) is 6.79. The van der Waals surface area contributed by atoms with Crippen LogP contribution in [0.3, 0.4) is 0 Å². The molecule has 136 valence electrons. The van der Waals surface area contributed by atoms with Gasteiger partial charge in [-0.2, -0.15) is 5.26 Å². The number of carbonyl (C=O) groups is 2. The first kappa shape index (κ1) is 19.3. The van der Waals surface area contributed by atoms with Crippen molar-refractivity contribution in [3.63, 3.8) is 0 Å². The number of anilines is 2. The molecule has 0 aliphatic carbocycles. The molecule has 26 heavy (non-hydrogen) atoms. The molecule has 2 aromatic rings. The molecule has 2 heterocycles. The van der Waals surface area contributed by atoms with Crippen LogP contribution in [0.2, 0.25) is 0 Å². The number of thiazole rings is 1. The van der Waals surface area contributed by atoms with Gasteiger partial charge in [0.05, 0.1) is 6.07 Å². The zero-order valence-corrected chi connectivity index (χ0v) is 15.3. The fourth-order valence-corrected chi connectivity index (χ4v) is 2.89. The topological polar surface area (TPSA) is 120 Å². The molecule has 0 bridgehead atoms. The van der Waals surface area contributed by atoms with Crippen molar-refractivity contribution in [2.24, 2.45) is 5.92 Å². The lowest BCUT2D eigenvalue weighted by molar-refractivity contribution is -0.123. The minimum absolute atomic E-state index is 0.0972. The zero-order valence-electron chi connectivity index (χ0n) is 14.5. The maximum Gasteiger partial charge on any atom is 0.271 e. The van der Waals surface area contributed by atoms with Crippen molar-refractivity contribution < 1.29 is 9.59 Å². The Kier molecular flexibility index (Phi) is 7.05. The van der Waals surface area contributed by atoms with Crippen LogP contribution in [-0.4, -0.2) is 34.4 Å². The molecule has 0 radical (unpaired) electrons. The Labute approximate surface area is 155 Å². The van der Waals surface area contributed by atoms with E-state index in [0.29, 0.717) is 11.6 Å². The van der Waals surface area contributed by atoms with E-state index >= 15 is 0 Å². The lowest BCUT2D eigenvalue weighted by Gasteiger charge is -2.19. The highest BCUT2D eigenvalue weighted by Gasteiger charge is 2.23. The molecule has 0 aromatic carbocycles. The summed E-state index contributed by atoms with van der Waals surface area (Å²) in [4.78, 5) is 32.8. The number of hydrogen-bond donors (Lipinski definition) is 3. The fraction of sp³-hybridized carbons (Fsp3) is 0.353. The number of rotatable bonds is 8. The molecule has 9 heteroatoms. The van der Waals surface area contributed by atoms with Crippen molar-refractivity contribution in [1.82, 2.24) is 20.6 Å². The Balaban J connectivity index is 2.02. The number of carbonyl (C=O) groups excluding carboxylic acids is 2. The molecule has 0 saturated carbocycles. The van der Waals surface area contributed by atoms with Gasteiger partial charge in [0.15, 0.2) is 5.13 Å². The summed E-state index contributed by atoms with van der Waals surface area (Å²) in [6, 6.07) is 4.72. The molecule has 0 spiro atoms. The monoisotopic (exact) mass is 372 g/mol. The molecule has 1 atom stereocenters. The maximum atomic E-state index is 12.4. The number of nitriles is 1. The lowest BCUT2D eigenvalue weighted by Crippen LogP contribution is -2.47. The molecule has 8 nitrogen and oxygen atoms in total. The quantitative estimate of drug-likeness (QED) is 0.610. The number of nitrogens with zero attached hydrogens (tertiary/aromatic N) is 3. The Morgan fingerprint density at radius 3 is 2.69 bits per heavy atom. The van der Waals surface area contributed by atoms with E-state index in [1.807, 2.05) is 19.9 Å². The third kappa shape index (κ3) is 5.82. The molecule has 2 rings (SSSR count). The number of amides is 2. The number of aromatic nitrogens is 2. The Bertz CT molecular complexity index is 784. The van der Waals surface area contributed by atoms with E-state index in [1.54, 1.807) is 29.9 Å². The van der Waals surface area contributed by atoms with Crippen molar-refractivity contribution in [3.05, 3.63) is 35.6 Å². The van der Waals surface area contributed by atoms with Gasteiger partial charge in [0.25, 0.3) is 5.91 Å². The summed E-state index contributed by atoms with van der Waals surface area (Å²) in [5.74, 6) is -0.603. The minimum Gasteiger partial charge on any atom is -0.341 e. The van der Waals surface area contributed by atoms with E-state index < -0.39 is 11.9 Å². The van der Waals surface area contributed by atoms with Crippen LogP contribution in [0.4, 0.5) is 10.8 Å². The van der Waals surface area contributed by atoms with Gasteiger partial charge in [-0.1, -0.05) is 13.8 Å². The van der Waals surface area contributed by atoms with Gasteiger partial charge in [-0.05, 0) is 24.5 Å². The van der Waals surface area contributed by atoms with Gasteiger partial charge in [0, 0.05) is 23.5 Å². The average molecular weight is 372 g/mol. The van der Waals surface area contributed by atoms with E-state index in [1.165, 1.54) is 11.3 Å². The van der Waals surface area contributed by atoms with Crippen LogP contribution in [0, 0.1) is 17.2 Å². The van der Waals surface area contributed by atoms with Crippen LogP contribution < -0.4 is 16.0 Å². The summed E-state index contributed by atoms with van der Waals surface area (Å²) in [6.07, 6.45) is 3.77. The molecule has 0 unspecified atom stereocenters. The van der Waals surface area contributed by atoms with Crippen LogP contribution in [0.25, 0.3) is 0 Å². The van der Waals surface area contributed by atoms with Gasteiger partial charge in [-0.25, -0.2) is 4.98 Å². The summed E-state index contributed by atoms with van der Waals surface area (Å²) in [6.45, 7) is 3.81. The minimum atomic E-state index is -0.714. The maximum absolute atomic E-state index is 12.4. The third-order valence-corrected chi connectivity index (χ3v) is 4.10. The lowest BCUT2D eigenvalue weighted by atomic mass is 10.0. The highest BCUT2D eigenvalue weighted by Crippen LogP contribution is 2.20. The molecule has 3 N–H and O–H groups in total. The summed E-state index contributed by atoms with van der Waals surface area (Å²) >= 11 is 1.29. The second kappa shape index (κ2) is 9.48. The van der Waals surface area contributed by atoms with Crippen molar-refractivity contribution in [2.75, 3.05) is 11.9 Å². The van der Waals surface area contributed by atoms with Crippen LogP contribution in [0.15, 0.2) is 29.9 Å². The molecule has 0 saturated heterocycles. The van der Waals surface area contributed by atoms with Gasteiger partial charge < -0.3 is 16.0 Å². The summed E-state index contributed by atoms with van der Waals surface area (Å²) < 4.78 is 0. The molecule has 2 aromatic heterocycles. The van der Waals surface area contributed by atoms with Crippen LogP contribution in [0.1, 0.15) is 30.8 Å². The molecular weight excluding hydrogens is 352 g/mol. The number of pyridine rings is 1. The zero-order chi connectivity index (χ0) is 18.9. The first-order chi connectivity index (χ1) is 12.5. The Morgan fingerprint density at radius 2 is 2.04 bits per heavy atom. The third-order valence-electron chi connectivity index (χ3n) is 3.34. The van der Waals surface area contributed by atoms with Crippen LogP contribution in [-0.2, 0) is 4.79 Å². The second-order valence-electron chi connectivity index (χ2n) is 5.93. The van der Waals surface area contributed by atoms with Crippen molar-refractivity contribution >= 4 is 34.0 Å². The van der Waals surface area contributed by atoms with Gasteiger partial charge in [-0.15, -0.1) is 11.3 Å². The standard InChI is InChI=1S/C17H20N6O2S/c1-11(2)9-13(15(24)20-8-5-18)22-16(25)14-10-26-17(23-14)21-12-3-6-19-7-4-12/h3-4,6-7,10-11,13H,8-9H2,1-2H3,(H,20,24)(H,22,25)(H,19,21,23)/t13-/m0/s1. The van der Waals surface area contributed by atoms with Crippen molar-refractivity contribution in [3.8, 4) is 6.07 Å². The Hall–Kier alpha value is -2.99. The fourth-order valence-electron chi connectivity index (χ4n) is 2.18. The van der Waals surface area contributed by atoms with Gasteiger partial charge >= 0.3 is 0 Å².